The molecule has 0 amide bonds. The molecule has 3 atom stereocenters. The van der Waals surface area contributed by atoms with Crippen molar-refractivity contribution in [2.75, 3.05) is 0 Å². The fourth-order valence-electron chi connectivity index (χ4n) is 6.36. The molecular weight excluding hydrogens is 456 g/mol. The molecule has 0 aromatic rings. The summed E-state index contributed by atoms with van der Waals surface area (Å²) in [4.78, 5) is 0. The van der Waals surface area contributed by atoms with Gasteiger partial charge in [-0.3, -0.25) is 0 Å². The smallest absolute Gasteiger partial charge is 0.0443 e. The van der Waals surface area contributed by atoms with E-state index in [4.69, 9.17) is 0 Å². The molecule has 0 spiro atoms. The monoisotopic (exact) mass is 535 g/mol. The molecule has 0 aliphatic carbocycles. The van der Waals surface area contributed by atoms with Crippen LogP contribution in [-0.2, 0) is 0 Å². The van der Waals surface area contributed by atoms with E-state index in [1.54, 1.807) is 0 Å². The van der Waals surface area contributed by atoms with Crippen LogP contribution in [0.5, 0.6) is 0 Å². The van der Waals surface area contributed by atoms with Crippen LogP contribution in [0.25, 0.3) is 0 Å². The van der Waals surface area contributed by atoms with Gasteiger partial charge in [-0.15, -0.1) is 0 Å². The van der Waals surface area contributed by atoms with E-state index in [9.17, 15) is 0 Å². The van der Waals surface area contributed by atoms with E-state index in [2.05, 4.69) is 34.6 Å². The zero-order valence-corrected chi connectivity index (χ0v) is 27.9. The molecule has 0 aliphatic heterocycles. The second-order valence-corrected chi connectivity index (χ2v) is 13.8. The number of rotatable bonds is 32. The molecule has 0 fully saturated rings. The first-order valence-corrected chi connectivity index (χ1v) is 18.6. The zero-order chi connectivity index (χ0) is 27.9. The van der Waals surface area contributed by atoms with Gasteiger partial charge in [0.1, 0.15) is 0 Å². The molecule has 0 aliphatic rings. The molecule has 38 heavy (non-hydrogen) atoms. The Morgan fingerprint density at radius 3 is 0.737 bits per heavy atom. The summed E-state index contributed by atoms with van der Waals surface area (Å²) in [5, 5.41) is 0. The third-order valence-corrected chi connectivity index (χ3v) is 9.39. The van der Waals surface area contributed by atoms with Gasteiger partial charge in [0.25, 0.3) is 0 Å². The Labute approximate surface area is 244 Å². The third-order valence-electron chi connectivity index (χ3n) is 9.39. The van der Waals surface area contributed by atoms with Crippen molar-refractivity contribution >= 4 is 0 Å². The van der Waals surface area contributed by atoms with Gasteiger partial charge in [0.05, 0.1) is 0 Å². The molecule has 0 radical (unpaired) electrons. The van der Waals surface area contributed by atoms with E-state index >= 15 is 0 Å². The second-order valence-electron chi connectivity index (χ2n) is 13.8. The summed E-state index contributed by atoms with van der Waals surface area (Å²) < 4.78 is 0. The van der Waals surface area contributed by atoms with Crippen molar-refractivity contribution in [2.45, 2.75) is 227 Å². The maximum absolute atomic E-state index is 2.51. The maximum Gasteiger partial charge on any atom is -0.0443 e. The molecule has 0 bridgehead atoms. The highest BCUT2D eigenvalue weighted by Gasteiger charge is 2.06. The zero-order valence-electron chi connectivity index (χ0n) is 27.9. The highest BCUT2D eigenvalue weighted by atomic mass is 14.1. The van der Waals surface area contributed by atoms with E-state index in [0.29, 0.717) is 0 Å². The quantitative estimate of drug-likeness (QED) is 0.0752. The Morgan fingerprint density at radius 1 is 0.237 bits per heavy atom. The molecule has 0 rings (SSSR count). The molecule has 0 nitrogen and oxygen atoms in total. The van der Waals surface area contributed by atoms with Crippen LogP contribution in [0.15, 0.2) is 0 Å². The maximum atomic E-state index is 2.51. The first-order valence-electron chi connectivity index (χ1n) is 18.6. The SMILES string of the molecule is CCCCCCCCCCCCCCCCC(C)CCCC(C)CCCCCCCCCC(C)CCCC. The van der Waals surface area contributed by atoms with Crippen LogP contribution in [0, 0.1) is 17.8 Å². The number of hydrogen-bond donors (Lipinski definition) is 0. The first kappa shape index (κ1) is 38.0. The normalized spacial score (nSPS) is 14.1. The van der Waals surface area contributed by atoms with Crippen molar-refractivity contribution in [3.05, 3.63) is 0 Å². The molecule has 0 heteroatoms. The molecule has 0 saturated carbocycles. The van der Waals surface area contributed by atoms with E-state index < -0.39 is 0 Å². The van der Waals surface area contributed by atoms with Crippen LogP contribution in [0.4, 0.5) is 0 Å². The van der Waals surface area contributed by atoms with E-state index in [1.807, 2.05) is 0 Å². The number of hydrogen-bond acceptors (Lipinski definition) is 0. The summed E-state index contributed by atoms with van der Waals surface area (Å²) in [5.74, 6) is 2.87. The van der Waals surface area contributed by atoms with Gasteiger partial charge in [0.15, 0.2) is 0 Å². The van der Waals surface area contributed by atoms with Gasteiger partial charge in [-0.1, -0.05) is 227 Å². The van der Waals surface area contributed by atoms with Crippen molar-refractivity contribution in [3.63, 3.8) is 0 Å². The predicted molar refractivity (Wildman–Crippen MR) is 177 cm³/mol. The minimum Gasteiger partial charge on any atom is -0.0654 e. The minimum absolute atomic E-state index is 0.952. The Morgan fingerprint density at radius 2 is 0.447 bits per heavy atom. The van der Waals surface area contributed by atoms with Crippen LogP contribution in [0.2, 0.25) is 0 Å². The third kappa shape index (κ3) is 30.5. The van der Waals surface area contributed by atoms with E-state index in [1.165, 1.54) is 193 Å². The fourth-order valence-corrected chi connectivity index (χ4v) is 6.36. The van der Waals surface area contributed by atoms with Crippen molar-refractivity contribution in [3.8, 4) is 0 Å². The molecule has 0 saturated heterocycles. The van der Waals surface area contributed by atoms with Crippen LogP contribution in [0.3, 0.4) is 0 Å². The highest BCUT2D eigenvalue weighted by molar-refractivity contribution is 4.60. The summed E-state index contributed by atoms with van der Waals surface area (Å²) in [6.07, 6.45) is 44.0. The Kier molecular flexibility index (Phi) is 31.5. The van der Waals surface area contributed by atoms with Crippen LogP contribution in [0.1, 0.15) is 227 Å². The Bertz CT molecular complexity index is 412. The van der Waals surface area contributed by atoms with Gasteiger partial charge in [0, 0.05) is 0 Å². The average Bonchev–Trinajstić information content (AvgIpc) is 2.91. The van der Waals surface area contributed by atoms with E-state index in [-0.39, 0.29) is 0 Å². The summed E-state index contributed by atoms with van der Waals surface area (Å²) in [6.45, 7) is 12.1. The summed E-state index contributed by atoms with van der Waals surface area (Å²) >= 11 is 0. The van der Waals surface area contributed by atoms with Crippen LogP contribution < -0.4 is 0 Å². The lowest BCUT2D eigenvalue weighted by atomic mass is 9.92. The highest BCUT2D eigenvalue weighted by Crippen LogP contribution is 2.22. The van der Waals surface area contributed by atoms with Gasteiger partial charge in [-0.25, -0.2) is 0 Å². The Hall–Kier alpha value is 0. The second kappa shape index (κ2) is 31.5. The first-order chi connectivity index (χ1) is 18.6. The fraction of sp³-hybridized carbons (Fsp3) is 1.00. The van der Waals surface area contributed by atoms with Crippen molar-refractivity contribution in [1.29, 1.82) is 0 Å². The molecule has 0 aromatic heterocycles. The lowest BCUT2D eigenvalue weighted by Gasteiger charge is -2.14. The molecule has 0 N–H and O–H groups in total. The van der Waals surface area contributed by atoms with Crippen molar-refractivity contribution in [1.82, 2.24) is 0 Å². The van der Waals surface area contributed by atoms with Crippen LogP contribution in [-0.4, -0.2) is 0 Å². The van der Waals surface area contributed by atoms with Gasteiger partial charge in [-0.05, 0) is 17.8 Å². The lowest BCUT2D eigenvalue weighted by Crippen LogP contribution is -1.99. The predicted octanol–water partition coefficient (Wildman–Crippen LogP) is 14.6. The van der Waals surface area contributed by atoms with Crippen molar-refractivity contribution < 1.29 is 0 Å². The topological polar surface area (TPSA) is 0 Å². The number of unbranched alkanes of at least 4 members (excludes halogenated alkanes) is 20. The largest absolute Gasteiger partial charge is 0.0654 e. The molecule has 230 valence electrons. The molecule has 0 heterocycles. The van der Waals surface area contributed by atoms with Crippen LogP contribution >= 0.6 is 0 Å². The summed E-state index contributed by atoms with van der Waals surface area (Å²) in [6, 6.07) is 0. The van der Waals surface area contributed by atoms with Gasteiger partial charge in [-0.2, -0.15) is 0 Å². The molecule has 3 unspecified atom stereocenters. The standard InChI is InChI=1S/C38H78/c1-6-8-10-11-12-13-14-15-16-17-18-20-23-27-32-37(4)34-29-35-38(5)33-28-25-22-19-21-24-26-31-36(3)30-9-7-2/h36-38H,6-35H2,1-5H3. The molecular formula is C38H78. The van der Waals surface area contributed by atoms with E-state index in [0.717, 1.165) is 17.8 Å². The van der Waals surface area contributed by atoms with Gasteiger partial charge >= 0.3 is 0 Å². The van der Waals surface area contributed by atoms with Gasteiger partial charge < -0.3 is 0 Å². The summed E-state index contributed by atoms with van der Waals surface area (Å²) in [7, 11) is 0. The van der Waals surface area contributed by atoms with Crippen molar-refractivity contribution in [2.24, 2.45) is 17.8 Å². The lowest BCUT2D eigenvalue weighted by molar-refractivity contribution is 0.390. The average molecular weight is 535 g/mol. The molecule has 0 aromatic carbocycles. The minimum atomic E-state index is 0.952. The van der Waals surface area contributed by atoms with Gasteiger partial charge in [0.2, 0.25) is 0 Å². The summed E-state index contributed by atoms with van der Waals surface area (Å²) in [5.41, 5.74) is 0. The Balaban J connectivity index is 3.30.